The van der Waals surface area contributed by atoms with Gasteiger partial charge in [-0.25, -0.2) is 0 Å². The van der Waals surface area contributed by atoms with Crippen LogP contribution < -0.4 is 10.5 Å². The van der Waals surface area contributed by atoms with E-state index in [1.54, 1.807) is 7.11 Å². The predicted molar refractivity (Wildman–Crippen MR) is 79.7 cm³/mol. The van der Waals surface area contributed by atoms with Gasteiger partial charge in [-0.3, -0.25) is 0 Å². The first-order chi connectivity index (χ1) is 9.11. The lowest BCUT2D eigenvalue weighted by Gasteiger charge is -2.23. The lowest BCUT2D eigenvalue weighted by atomic mass is 9.97. The Morgan fingerprint density at radius 3 is 2.53 bits per heavy atom. The van der Waals surface area contributed by atoms with Crippen molar-refractivity contribution < 1.29 is 4.74 Å². The summed E-state index contributed by atoms with van der Waals surface area (Å²) in [5, 5.41) is 0. The van der Waals surface area contributed by atoms with Crippen molar-refractivity contribution in [1.82, 2.24) is 4.90 Å². The molecular formula is C16H26N2O. The van der Waals surface area contributed by atoms with Gasteiger partial charge in [0.1, 0.15) is 5.75 Å². The fraction of sp³-hybridized carbons (Fsp3) is 0.625. The van der Waals surface area contributed by atoms with Crippen molar-refractivity contribution in [3.63, 3.8) is 0 Å². The Bertz CT molecular complexity index is 411. The number of nitrogens with zero attached hydrogens (tertiary/aromatic N) is 1. The van der Waals surface area contributed by atoms with E-state index in [1.807, 2.05) is 0 Å². The monoisotopic (exact) mass is 262 g/mol. The van der Waals surface area contributed by atoms with Gasteiger partial charge in [0, 0.05) is 18.2 Å². The minimum Gasteiger partial charge on any atom is -0.496 e. The van der Waals surface area contributed by atoms with Crippen LogP contribution in [-0.4, -0.2) is 31.6 Å². The number of methoxy groups -OCH3 is 1. The average Bonchev–Trinajstić information content (AvgIpc) is 2.90. The molecule has 1 atom stereocenters. The van der Waals surface area contributed by atoms with Crippen LogP contribution >= 0.6 is 0 Å². The molecule has 19 heavy (non-hydrogen) atoms. The van der Waals surface area contributed by atoms with E-state index < -0.39 is 0 Å². The third-order valence-electron chi connectivity index (χ3n) is 3.97. The van der Waals surface area contributed by atoms with Gasteiger partial charge in [0.05, 0.1) is 7.11 Å². The third kappa shape index (κ3) is 3.48. The highest BCUT2D eigenvalue weighted by Crippen LogP contribution is 2.29. The number of likely N-dealkylation sites (tertiary alicyclic amines) is 1. The van der Waals surface area contributed by atoms with Crippen LogP contribution in [0.4, 0.5) is 0 Å². The number of hydrogen-bond donors (Lipinski definition) is 1. The van der Waals surface area contributed by atoms with Crippen molar-refractivity contribution in [1.29, 1.82) is 0 Å². The lowest BCUT2D eigenvalue weighted by molar-refractivity contribution is 0.311. The molecule has 1 aliphatic rings. The highest BCUT2D eigenvalue weighted by molar-refractivity contribution is 5.40. The molecule has 0 radical (unpaired) electrons. The molecule has 0 saturated carbocycles. The molecule has 2 N–H and O–H groups in total. The maximum absolute atomic E-state index is 6.40. The zero-order valence-electron chi connectivity index (χ0n) is 12.4. The van der Waals surface area contributed by atoms with Crippen LogP contribution in [0.25, 0.3) is 0 Å². The van der Waals surface area contributed by atoms with Gasteiger partial charge in [0.15, 0.2) is 0 Å². The van der Waals surface area contributed by atoms with E-state index in [1.165, 1.54) is 31.5 Å². The van der Waals surface area contributed by atoms with E-state index in [0.29, 0.717) is 5.92 Å². The molecule has 1 saturated heterocycles. The number of benzene rings is 1. The van der Waals surface area contributed by atoms with Crippen molar-refractivity contribution in [3.8, 4) is 5.75 Å². The molecular weight excluding hydrogens is 236 g/mol. The normalized spacial score (nSPS) is 17.9. The molecule has 0 bridgehead atoms. The van der Waals surface area contributed by atoms with Crippen molar-refractivity contribution >= 4 is 0 Å². The molecule has 0 aromatic heterocycles. The van der Waals surface area contributed by atoms with E-state index in [9.17, 15) is 0 Å². The van der Waals surface area contributed by atoms with Crippen LogP contribution in [0.5, 0.6) is 5.75 Å². The van der Waals surface area contributed by atoms with Crippen LogP contribution in [-0.2, 0) is 0 Å². The van der Waals surface area contributed by atoms with Crippen molar-refractivity contribution in [2.75, 3.05) is 26.7 Å². The SMILES string of the molecule is COc1ccc(C(C)C)cc1C(N)CN1CCCC1. The molecule has 1 heterocycles. The van der Waals surface area contributed by atoms with Crippen molar-refractivity contribution in [2.45, 2.75) is 38.6 Å². The summed E-state index contributed by atoms with van der Waals surface area (Å²) in [7, 11) is 1.72. The van der Waals surface area contributed by atoms with Crippen molar-refractivity contribution in [2.24, 2.45) is 5.73 Å². The number of rotatable bonds is 5. The fourth-order valence-electron chi connectivity index (χ4n) is 2.74. The van der Waals surface area contributed by atoms with E-state index in [4.69, 9.17) is 10.5 Å². The zero-order valence-corrected chi connectivity index (χ0v) is 12.4. The molecule has 0 amide bonds. The van der Waals surface area contributed by atoms with E-state index in [-0.39, 0.29) is 6.04 Å². The maximum atomic E-state index is 6.40. The Morgan fingerprint density at radius 2 is 1.95 bits per heavy atom. The Kier molecular flexibility index (Phi) is 4.83. The summed E-state index contributed by atoms with van der Waals surface area (Å²) in [6.07, 6.45) is 2.60. The van der Waals surface area contributed by atoms with Gasteiger partial charge in [-0.1, -0.05) is 26.0 Å². The molecule has 1 unspecified atom stereocenters. The highest BCUT2D eigenvalue weighted by Gasteiger charge is 2.19. The zero-order chi connectivity index (χ0) is 13.8. The number of nitrogens with two attached hydrogens (primary N) is 1. The minimum atomic E-state index is 0.0340. The van der Waals surface area contributed by atoms with E-state index >= 15 is 0 Å². The molecule has 3 heteroatoms. The largest absolute Gasteiger partial charge is 0.496 e. The second kappa shape index (κ2) is 6.40. The summed E-state index contributed by atoms with van der Waals surface area (Å²) in [5.41, 5.74) is 8.86. The average molecular weight is 262 g/mol. The Morgan fingerprint density at radius 1 is 1.26 bits per heavy atom. The summed E-state index contributed by atoms with van der Waals surface area (Å²) in [6, 6.07) is 6.43. The molecule has 3 nitrogen and oxygen atoms in total. The first kappa shape index (κ1) is 14.4. The van der Waals surface area contributed by atoms with Gasteiger partial charge >= 0.3 is 0 Å². The molecule has 0 aliphatic carbocycles. The molecule has 1 aromatic rings. The van der Waals surface area contributed by atoms with E-state index in [0.717, 1.165) is 17.9 Å². The summed E-state index contributed by atoms with van der Waals surface area (Å²) in [4.78, 5) is 2.45. The number of hydrogen-bond acceptors (Lipinski definition) is 3. The van der Waals surface area contributed by atoms with Crippen LogP contribution in [0.15, 0.2) is 18.2 Å². The second-order valence-electron chi connectivity index (χ2n) is 5.77. The van der Waals surface area contributed by atoms with Gasteiger partial charge < -0.3 is 15.4 Å². The molecule has 106 valence electrons. The Balaban J connectivity index is 2.17. The summed E-state index contributed by atoms with van der Waals surface area (Å²) in [5.74, 6) is 1.43. The van der Waals surface area contributed by atoms with Gasteiger partial charge in [0.25, 0.3) is 0 Å². The Hall–Kier alpha value is -1.06. The predicted octanol–water partition coefficient (Wildman–Crippen LogP) is 2.91. The topological polar surface area (TPSA) is 38.5 Å². The molecule has 0 spiro atoms. The Labute approximate surface area is 116 Å². The summed E-state index contributed by atoms with van der Waals surface area (Å²) in [6.45, 7) is 7.70. The van der Waals surface area contributed by atoms with Crippen LogP contribution in [0.3, 0.4) is 0 Å². The molecule has 2 rings (SSSR count). The smallest absolute Gasteiger partial charge is 0.123 e. The highest BCUT2D eigenvalue weighted by atomic mass is 16.5. The van der Waals surface area contributed by atoms with E-state index in [2.05, 4.69) is 36.9 Å². The van der Waals surface area contributed by atoms with Gasteiger partial charge in [-0.15, -0.1) is 0 Å². The lowest BCUT2D eigenvalue weighted by Crippen LogP contribution is -2.30. The van der Waals surface area contributed by atoms with Crippen LogP contribution in [0.2, 0.25) is 0 Å². The summed E-state index contributed by atoms with van der Waals surface area (Å²) >= 11 is 0. The molecule has 1 fully saturated rings. The standard InChI is InChI=1S/C16H26N2O/c1-12(2)13-6-7-16(19-3)14(10-13)15(17)11-18-8-4-5-9-18/h6-7,10,12,15H,4-5,8-9,11,17H2,1-3H3. The summed E-state index contributed by atoms with van der Waals surface area (Å²) < 4.78 is 5.47. The fourth-order valence-corrected chi connectivity index (χ4v) is 2.74. The first-order valence-electron chi connectivity index (χ1n) is 7.27. The van der Waals surface area contributed by atoms with Crippen LogP contribution in [0.1, 0.15) is 49.8 Å². The third-order valence-corrected chi connectivity index (χ3v) is 3.97. The number of ether oxygens (including phenoxy) is 1. The van der Waals surface area contributed by atoms with Gasteiger partial charge in [0.2, 0.25) is 0 Å². The maximum Gasteiger partial charge on any atom is 0.123 e. The van der Waals surface area contributed by atoms with Gasteiger partial charge in [-0.05, 0) is 43.5 Å². The van der Waals surface area contributed by atoms with Crippen molar-refractivity contribution in [3.05, 3.63) is 29.3 Å². The minimum absolute atomic E-state index is 0.0340. The second-order valence-corrected chi connectivity index (χ2v) is 5.77. The molecule has 1 aromatic carbocycles. The van der Waals surface area contributed by atoms with Crippen LogP contribution in [0, 0.1) is 0 Å². The first-order valence-corrected chi connectivity index (χ1v) is 7.27. The molecule has 1 aliphatic heterocycles. The quantitative estimate of drug-likeness (QED) is 0.886. The van der Waals surface area contributed by atoms with Gasteiger partial charge in [-0.2, -0.15) is 0 Å².